The molecule has 0 radical (unpaired) electrons. The van der Waals surface area contributed by atoms with Crippen molar-refractivity contribution in [2.24, 2.45) is 0 Å². The molecule has 5 heteroatoms. The number of rotatable bonds is 7. The van der Waals surface area contributed by atoms with E-state index >= 15 is 0 Å². The molecule has 24 heavy (non-hydrogen) atoms. The number of carbonyl (C=O) groups excluding carboxylic acids is 2. The van der Waals surface area contributed by atoms with E-state index in [0.29, 0.717) is 23.8 Å². The van der Waals surface area contributed by atoms with E-state index in [0.717, 1.165) is 19.3 Å². The number of nitrogens with zero attached hydrogens (tertiary/aromatic N) is 1. The number of hydrogen-bond donors (Lipinski definition) is 1. The summed E-state index contributed by atoms with van der Waals surface area (Å²) in [6.07, 6.45) is 8.33. The molecule has 0 atom stereocenters. The predicted octanol–water partition coefficient (Wildman–Crippen LogP) is 4.09. The number of amides is 2. The van der Waals surface area contributed by atoms with Crippen LogP contribution in [0, 0.1) is 0 Å². The number of hydrogen-bond acceptors (Lipinski definition) is 2. The number of allylic oxidation sites excluding steroid dienone is 1. The molecule has 2 rings (SSSR count). The third kappa shape index (κ3) is 5.68. The van der Waals surface area contributed by atoms with Gasteiger partial charge in [-0.1, -0.05) is 35.4 Å². The van der Waals surface area contributed by atoms with Crippen molar-refractivity contribution < 1.29 is 9.59 Å². The van der Waals surface area contributed by atoms with Crippen LogP contribution in [0.2, 0.25) is 5.02 Å². The van der Waals surface area contributed by atoms with Gasteiger partial charge in [0.05, 0.1) is 10.7 Å². The first-order valence-electron chi connectivity index (χ1n) is 8.55. The van der Waals surface area contributed by atoms with Gasteiger partial charge >= 0.3 is 0 Å². The van der Waals surface area contributed by atoms with Gasteiger partial charge in [0, 0.05) is 26.4 Å². The van der Waals surface area contributed by atoms with Crippen molar-refractivity contribution in [1.82, 2.24) is 5.32 Å². The van der Waals surface area contributed by atoms with E-state index in [4.69, 9.17) is 11.6 Å². The molecular formula is C19H25ClN2O2. The fraction of sp³-hybridized carbons (Fsp3) is 0.474. The molecule has 1 N–H and O–H groups in total. The summed E-state index contributed by atoms with van der Waals surface area (Å²) in [5.74, 6) is -0.159. The van der Waals surface area contributed by atoms with E-state index in [9.17, 15) is 9.59 Å². The zero-order valence-electron chi connectivity index (χ0n) is 14.2. The van der Waals surface area contributed by atoms with Crippen molar-refractivity contribution in [3.8, 4) is 0 Å². The molecule has 130 valence electrons. The Morgan fingerprint density at radius 1 is 1.25 bits per heavy atom. The monoisotopic (exact) mass is 348 g/mol. The molecule has 4 nitrogen and oxygen atoms in total. The maximum Gasteiger partial charge on any atom is 0.223 e. The average Bonchev–Trinajstić information content (AvgIpc) is 2.57. The molecule has 1 aliphatic rings. The van der Waals surface area contributed by atoms with Gasteiger partial charge in [0.2, 0.25) is 11.8 Å². The lowest BCUT2D eigenvalue weighted by atomic mass is 9.97. The Hall–Kier alpha value is -1.81. The summed E-state index contributed by atoms with van der Waals surface area (Å²) in [5.41, 5.74) is 2.09. The topological polar surface area (TPSA) is 49.4 Å². The Morgan fingerprint density at radius 3 is 2.71 bits per heavy atom. The van der Waals surface area contributed by atoms with Gasteiger partial charge in [-0.15, -0.1) is 0 Å². The van der Waals surface area contributed by atoms with E-state index in [1.807, 2.05) is 12.1 Å². The Bertz CT molecular complexity index is 613. The standard InChI is InChI=1S/C19H25ClN2O2/c1-15(23)22(18-10-6-5-9-17(18)20)14-12-19(24)21-13-11-16-7-3-2-4-8-16/h5-7,9-10H,2-4,8,11-14H2,1H3,(H,21,24). The summed E-state index contributed by atoms with van der Waals surface area (Å²) in [7, 11) is 0. The van der Waals surface area contributed by atoms with Crippen LogP contribution in [0.4, 0.5) is 5.69 Å². The SMILES string of the molecule is CC(=O)N(CCC(=O)NCCC1=CCCCC1)c1ccccc1Cl. The van der Waals surface area contributed by atoms with Crippen molar-refractivity contribution in [3.63, 3.8) is 0 Å². The maximum absolute atomic E-state index is 12.0. The van der Waals surface area contributed by atoms with Crippen LogP contribution in [0.5, 0.6) is 0 Å². The molecule has 0 aromatic heterocycles. The molecule has 0 unspecified atom stereocenters. The molecule has 1 aromatic carbocycles. The summed E-state index contributed by atoms with van der Waals surface area (Å²) in [6.45, 7) is 2.47. The summed E-state index contributed by atoms with van der Waals surface area (Å²) in [6, 6.07) is 7.17. The minimum Gasteiger partial charge on any atom is -0.356 e. The first kappa shape index (κ1) is 18.5. The smallest absolute Gasteiger partial charge is 0.223 e. The van der Waals surface area contributed by atoms with Crippen LogP contribution in [0.3, 0.4) is 0 Å². The molecule has 2 amide bonds. The normalized spacial score (nSPS) is 14.0. The molecule has 0 saturated heterocycles. The third-order valence-corrected chi connectivity index (χ3v) is 4.56. The quantitative estimate of drug-likeness (QED) is 0.754. The highest BCUT2D eigenvalue weighted by atomic mass is 35.5. The van der Waals surface area contributed by atoms with Gasteiger partial charge in [-0.2, -0.15) is 0 Å². The predicted molar refractivity (Wildman–Crippen MR) is 98.3 cm³/mol. The van der Waals surface area contributed by atoms with E-state index in [-0.39, 0.29) is 18.2 Å². The van der Waals surface area contributed by atoms with Gasteiger partial charge in [0.1, 0.15) is 0 Å². The first-order valence-corrected chi connectivity index (χ1v) is 8.93. The van der Waals surface area contributed by atoms with E-state index in [1.54, 1.807) is 17.0 Å². The highest BCUT2D eigenvalue weighted by Gasteiger charge is 2.15. The zero-order chi connectivity index (χ0) is 17.4. The molecule has 0 heterocycles. The number of benzene rings is 1. The molecule has 0 spiro atoms. The van der Waals surface area contributed by atoms with Gasteiger partial charge in [-0.3, -0.25) is 9.59 Å². The molecule has 0 saturated carbocycles. The molecule has 0 bridgehead atoms. The fourth-order valence-electron chi connectivity index (χ4n) is 2.91. The summed E-state index contributed by atoms with van der Waals surface area (Å²) >= 11 is 6.15. The first-order chi connectivity index (χ1) is 11.6. The number of anilines is 1. The number of halogens is 1. The van der Waals surface area contributed by atoms with Gasteiger partial charge in [0.25, 0.3) is 0 Å². The second-order valence-electron chi connectivity index (χ2n) is 6.08. The minimum absolute atomic E-state index is 0.0373. The zero-order valence-corrected chi connectivity index (χ0v) is 14.9. The van der Waals surface area contributed by atoms with E-state index in [1.165, 1.54) is 25.3 Å². The van der Waals surface area contributed by atoms with Crippen molar-refractivity contribution in [3.05, 3.63) is 40.9 Å². The molecule has 0 aliphatic heterocycles. The van der Waals surface area contributed by atoms with E-state index in [2.05, 4.69) is 11.4 Å². The summed E-state index contributed by atoms with van der Waals surface area (Å²) < 4.78 is 0. The lowest BCUT2D eigenvalue weighted by Gasteiger charge is -2.22. The minimum atomic E-state index is -0.122. The number of para-hydroxylation sites is 1. The van der Waals surface area contributed by atoms with Crippen LogP contribution in [-0.4, -0.2) is 24.9 Å². The average molecular weight is 349 g/mol. The van der Waals surface area contributed by atoms with Gasteiger partial charge in [0.15, 0.2) is 0 Å². The highest BCUT2D eigenvalue weighted by Crippen LogP contribution is 2.25. The van der Waals surface area contributed by atoms with Crippen molar-refractivity contribution in [2.45, 2.75) is 45.4 Å². The Morgan fingerprint density at radius 2 is 2.04 bits per heavy atom. The van der Waals surface area contributed by atoms with Crippen LogP contribution in [0.25, 0.3) is 0 Å². The van der Waals surface area contributed by atoms with E-state index < -0.39 is 0 Å². The summed E-state index contributed by atoms with van der Waals surface area (Å²) in [5, 5.41) is 3.45. The molecular weight excluding hydrogens is 324 g/mol. The van der Waals surface area contributed by atoms with Gasteiger partial charge in [-0.25, -0.2) is 0 Å². The van der Waals surface area contributed by atoms with Crippen LogP contribution in [0.15, 0.2) is 35.9 Å². The van der Waals surface area contributed by atoms with Crippen molar-refractivity contribution in [2.75, 3.05) is 18.0 Å². The lowest BCUT2D eigenvalue weighted by Crippen LogP contribution is -2.34. The van der Waals surface area contributed by atoms with Gasteiger partial charge < -0.3 is 10.2 Å². The largest absolute Gasteiger partial charge is 0.356 e. The van der Waals surface area contributed by atoms with Crippen LogP contribution < -0.4 is 10.2 Å². The number of nitrogens with one attached hydrogen (secondary N) is 1. The van der Waals surface area contributed by atoms with Crippen molar-refractivity contribution >= 4 is 29.1 Å². The Kier molecular flexibility index (Phi) is 7.32. The maximum atomic E-state index is 12.0. The lowest BCUT2D eigenvalue weighted by molar-refractivity contribution is -0.121. The van der Waals surface area contributed by atoms with Crippen LogP contribution >= 0.6 is 11.6 Å². The van der Waals surface area contributed by atoms with Crippen LogP contribution in [-0.2, 0) is 9.59 Å². The summed E-state index contributed by atoms with van der Waals surface area (Å²) in [4.78, 5) is 25.4. The second kappa shape index (κ2) is 9.48. The second-order valence-corrected chi connectivity index (χ2v) is 6.49. The van der Waals surface area contributed by atoms with Gasteiger partial charge in [-0.05, 0) is 44.2 Å². The van der Waals surface area contributed by atoms with Crippen LogP contribution in [0.1, 0.15) is 45.4 Å². The number of carbonyl (C=O) groups is 2. The Labute approximate surface area is 148 Å². The Balaban J connectivity index is 1.79. The molecule has 1 aliphatic carbocycles. The third-order valence-electron chi connectivity index (χ3n) is 4.24. The fourth-order valence-corrected chi connectivity index (χ4v) is 3.15. The molecule has 0 fully saturated rings. The highest BCUT2D eigenvalue weighted by molar-refractivity contribution is 6.33. The van der Waals surface area contributed by atoms with Crippen molar-refractivity contribution in [1.29, 1.82) is 0 Å². The molecule has 1 aromatic rings.